The van der Waals surface area contributed by atoms with E-state index in [1.165, 1.54) is 17.3 Å². The number of halogens is 1. The summed E-state index contributed by atoms with van der Waals surface area (Å²) in [6, 6.07) is 13.8. The van der Waals surface area contributed by atoms with E-state index < -0.39 is 11.2 Å². The van der Waals surface area contributed by atoms with Crippen molar-refractivity contribution in [2.75, 3.05) is 6.26 Å². The van der Waals surface area contributed by atoms with Crippen molar-refractivity contribution in [2.24, 2.45) is 7.05 Å². The highest BCUT2D eigenvalue weighted by Crippen LogP contribution is 2.20. The average Bonchev–Trinajstić information content (AvgIpc) is 2.94. The second-order valence-electron chi connectivity index (χ2n) is 6.28. The number of fused-ring (bicyclic) bond motifs is 1. The molecule has 0 saturated heterocycles. The lowest BCUT2D eigenvalue weighted by Gasteiger charge is -2.10. The minimum Gasteiger partial charge on any atom is -0.486 e. The summed E-state index contributed by atoms with van der Waals surface area (Å²) >= 11 is 1.35. The van der Waals surface area contributed by atoms with Crippen LogP contribution >= 0.6 is 24.2 Å². The van der Waals surface area contributed by atoms with Gasteiger partial charge in [0.15, 0.2) is 0 Å². The highest BCUT2D eigenvalue weighted by atomic mass is 35.5. The van der Waals surface area contributed by atoms with E-state index in [0.717, 1.165) is 28.2 Å². The standard InChI is InChI=1S/C20H22N2O3S.ClH/c1-13-4-9-16-17(10-13)22(2)19(21-16)12-25-15-7-5-14(6-8-15)11-18(26-3)20(23)24;/h4-10,18H,11-12H2,1-3H3,(H,23,24);1H. The number of carboxylic acid groups (broad SMARTS) is 1. The Hall–Kier alpha value is -2.18. The van der Waals surface area contributed by atoms with E-state index in [1.54, 1.807) is 0 Å². The Labute approximate surface area is 169 Å². The minimum absolute atomic E-state index is 0. The molecule has 3 rings (SSSR count). The average molecular weight is 407 g/mol. The molecular weight excluding hydrogens is 384 g/mol. The number of carboxylic acids is 1. The number of thioether (sulfide) groups is 1. The summed E-state index contributed by atoms with van der Waals surface area (Å²) in [6.07, 6.45) is 2.31. The van der Waals surface area contributed by atoms with E-state index in [2.05, 4.69) is 24.0 Å². The number of carbonyl (C=O) groups is 1. The van der Waals surface area contributed by atoms with Gasteiger partial charge in [0.25, 0.3) is 0 Å². The monoisotopic (exact) mass is 406 g/mol. The molecule has 7 heteroatoms. The van der Waals surface area contributed by atoms with Crippen LogP contribution in [0.1, 0.15) is 17.0 Å². The van der Waals surface area contributed by atoms with Gasteiger partial charge in [0, 0.05) is 7.05 Å². The molecule has 0 aliphatic heterocycles. The second kappa shape index (κ2) is 9.15. The molecule has 3 aromatic rings. The van der Waals surface area contributed by atoms with E-state index in [4.69, 9.17) is 9.84 Å². The van der Waals surface area contributed by atoms with E-state index in [-0.39, 0.29) is 12.4 Å². The van der Waals surface area contributed by atoms with Crippen molar-refractivity contribution in [1.29, 1.82) is 0 Å². The van der Waals surface area contributed by atoms with E-state index in [9.17, 15) is 4.79 Å². The zero-order valence-corrected chi connectivity index (χ0v) is 17.1. The molecule has 1 heterocycles. The fourth-order valence-electron chi connectivity index (χ4n) is 2.83. The quantitative estimate of drug-likeness (QED) is 0.635. The van der Waals surface area contributed by atoms with Crippen molar-refractivity contribution in [2.45, 2.75) is 25.2 Å². The number of benzene rings is 2. The summed E-state index contributed by atoms with van der Waals surface area (Å²) < 4.78 is 7.91. The predicted octanol–water partition coefficient (Wildman–Crippen LogP) is 4.24. The molecule has 5 nitrogen and oxygen atoms in total. The van der Waals surface area contributed by atoms with Gasteiger partial charge in [-0.25, -0.2) is 4.98 Å². The fourth-order valence-corrected chi connectivity index (χ4v) is 3.39. The Morgan fingerprint density at radius 2 is 1.96 bits per heavy atom. The van der Waals surface area contributed by atoms with Crippen molar-refractivity contribution in [3.05, 3.63) is 59.4 Å². The maximum Gasteiger partial charge on any atom is 0.316 e. The lowest BCUT2D eigenvalue weighted by molar-refractivity contribution is -0.136. The predicted molar refractivity (Wildman–Crippen MR) is 112 cm³/mol. The number of ether oxygens (including phenoxy) is 1. The zero-order valence-electron chi connectivity index (χ0n) is 15.5. The van der Waals surface area contributed by atoms with Crippen LogP contribution in [0.4, 0.5) is 0 Å². The van der Waals surface area contributed by atoms with Gasteiger partial charge in [-0.2, -0.15) is 0 Å². The van der Waals surface area contributed by atoms with Crippen molar-refractivity contribution in [3.8, 4) is 5.75 Å². The molecule has 0 aliphatic rings. The first kappa shape index (κ1) is 21.1. The molecule has 144 valence electrons. The van der Waals surface area contributed by atoms with Gasteiger partial charge in [-0.1, -0.05) is 18.2 Å². The third-order valence-corrected chi connectivity index (χ3v) is 5.34. The minimum atomic E-state index is -0.782. The van der Waals surface area contributed by atoms with Gasteiger partial charge in [0.05, 0.1) is 11.0 Å². The number of rotatable bonds is 7. The lowest BCUT2D eigenvalue weighted by Crippen LogP contribution is -2.18. The fraction of sp³-hybridized carbons (Fsp3) is 0.300. The molecule has 2 aromatic carbocycles. The van der Waals surface area contributed by atoms with Gasteiger partial charge >= 0.3 is 5.97 Å². The molecule has 0 amide bonds. The Bertz CT molecular complexity index is 925. The van der Waals surface area contributed by atoms with E-state index in [1.807, 2.05) is 48.2 Å². The van der Waals surface area contributed by atoms with Crippen molar-refractivity contribution in [3.63, 3.8) is 0 Å². The molecule has 27 heavy (non-hydrogen) atoms. The van der Waals surface area contributed by atoms with Crippen LogP contribution in [0.25, 0.3) is 11.0 Å². The zero-order chi connectivity index (χ0) is 18.7. The first-order chi connectivity index (χ1) is 12.5. The third-order valence-electron chi connectivity index (χ3n) is 4.40. The molecule has 1 unspecified atom stereocenters. The number of imidazole rings is 1. The summed E-state index contributed by atoms with van der Waals surface area (Å²) in [5.41, 5.74) is 4.24. The lowest BCUT2D eigenvalue weighted by atomic mass is 10.1. The number of aryl methyl sites for hydroxylation is 2. The maximum absolute atomic E-state index is 11.1. The van der Waals surface area contributed by atoms with Crippen LogP contribution in [-0.4, -0.2) is 32.1 Å². The van der Waals surface area contributed by atoms with Crippen LogP contribution < -0.4 is 4.74 Å². The van der Waals surface area contributed by atoms with Crippen molar-refractivity contribution < 1.29 is 14.6 Å². The molecule has 0 aliphatic carbocycles. The van der Waals surface area contributed by atoms with Crippen LogP contribution in [0, 0.1) is 6.92 Å². The summed E-state index contributed by atoms with van der Waals surface area (Å²) in [7, 11) is 1.99. The molecule has 0 bridgehead atoms. The summed E-state index contributed by atoms with van der Waals surface area (Å²) in [6.45, 7) is 2.45. The van der Waals surface area contributed by atoms with E-state index in [0.29, 0.717) is 13.0 Å². The van der Waals surface area contributed by atoms with Crippen LogP contribution in [0.3, 0.4) is 0 Å². The number of nitrogens with zero attached hydrogens (tertiary/aromatic N) is 2. The van der Waals surface area contributed by atoms with Crippen LogP contribution in [0.5, 0.6) is 5.75 Å². The summed E-state index contributed by atoms with van der Waals surface area (Å²) in [5.74, 6) is 0.825. The number of aromatic nitrogens is 2. The van der Waals surface area contributed by atoms with Gasteiger partial charge in [0.2, 0.25) is 0 Å². The molecule has 0 saturated carbocycles. The van der Waals surface area contributed by atoms with Crippen molar-refractivity contribution in [1.82, 2.24) is 9.55 Å². The molecule has 0 fully saturated rings. The first-order valence-electron chi connectivity index (χ1n) is 8.37. The highest BCUT2D eigenvalue weighted by molar-refractivity contribution is 7.99. The largest absolute Gasteiger partial charge is 0.486 e. The van der Waals surface area contributed by atoms with Gasteiger partial charge in [-0.15, -0.1) is 24.2 Å². The Balaban J connectivity index is 0.00000261. The van der Waals surface area contributed by atoms with Crippen LogP contribution in [0.2, 0.25) is 0 Å². The van der Waals surface area contributed by atoms with E-state index >= 15 is 0 Å². The Morgan fingerprint density at radius 1 is 1.26 bits per heavy atom. The third kappa shape index (κ3) is 4.96. The topological polar surface area (TPSA) is 64.4 Å². The smallest absolute Gasteiger partial charge is 0.316 e. The number of aliphatic carboxylic acids is 1. The molecule has 0 spiro atoms. The van der Waals surface area contributed by atoms with Gasteiger partial charge in [-0.05, 0) is 55.0 Å². The number of hydrogen-bond acceptors (Lipinski definition) is 4. The van der Waals surface area contributed by atoms with Gasteiger partial charge < -0.3 is 14.4 Å². The molecule has 1 N–H and O–H groups in total. The SMILES string of the molecule is CSC(Cc1ccc(OCc2nc3ccc(C)cc3n2C)cc1)C(=O)O.Cl. The first-order valence-corrected chi connectivity index (χ1v) is 9.66. The second-order valence-corrected chi connectivity index (χ2v) is 7.32. The Kier molecular flexibility index (Phi) is 7.16. The van der Waals surface area contributed by atoms with Gasteiger partial charge in [0.1, 0.15) is 23.4 Å². The van der Waals surface area contributed by atoms with Crippen LogP contribution in [0.15, 0.2) is 42.5 Å². The highest BCUT2D eigenvalue weighted by Gasteiger charge is 2.16. The maximum atomic E-state index is 11.1. The van der Waals surface area contributed by atoms with Gasteiger partial charge in [-0.3, -0.25) is 4.79 Å². The normalized spacial score (nSPS) is 11.8. The molecule has 1 aromatic heterocycles. The molecule has 1 atom stereocenters. The summed E-state index contributed by atoms with van der Waals surface area (Å²) in [5, 5.41) is 8.72. The molecule has 0 radical (unpaired) electrons. The summed E-state index contributed by atoms with van der Waals surface area (Å²) in [4.78, 5) is 15.8. The number of hydrogen-bond donors (Lipinski definition) is 1. The van der Waals surface area contributed by atoms with Crippen LogP contribution in [-0.2, 0) is 24.9 Å². The van der Waals surface area contributed by atoms with Crippen molar-refractivity contribution >= 4 is 41.2 Å². The Morgan fingerprint density at radius 3 is 2.59 bits per heavy atom. The molecular formula is C20H23ClN2O3S.